The summed E-state index contributed by atoms with van der Waals surface area (Å²) in [5, 5.41) is 3.53. The van der Waals surface area contributed by atoms with Gasteiger partial charge in [0.15, 0.2) is 0 Å². The lowest BCUT2D eigenvalue weighted by Crippen LogP contribution is -1.84. The Balaban J connectivity index is 3.28. The average Bonchev–Trinajstić information content (AvgIpc) is 2.09. The molecule has 0 aromatic heterocycles. The van der Waals surface area contributed by atoms with Crippen molar-refractivity contribution in [1.29, 1.82) is 0 Å². The quantitative estimate of drug-likeness (QED) is 0.375. The summed E-state index contributed by atoms with van der Waals surface area (Å²) in [4.78, 5) is 2.72. The highest BCUT2D eigenvalue weighted by Crippen LogP contribution is 2.30. The van der Waals surface area contributed by atoms with Crippen molar-refractivity contribution in [3.05, 3.63) is 34.2 Å². The second-order valence-electron chi connectivity index (χ2n) is 2.32. The van der Waals surface area contributed by atoms with E-state index in [1.54, 1.807) is 13.2 Å². The van der Waals surface area contributed by atoms with Gasteiger partial charge in [-0.2, -0.15) is 0 Å². The molecule has 0 saturated heterocycles. The molecule has 0 radical (unpaired) electrons. The first-order valence-corrected chi connectivity index (χ1v) is 3.48. The monoisotopic (exact) mass is 163 g/mol. The second kappa shape index (κ2) is 3.64. The number of aryl methyl sites for hydroxylation is 1. The molecule has 0 N–H and O–H groups in total. The molecule has 12 heavy (non-hydrogen) atoms. The van der Waals surface area contributed by atoms with Crippen molar-refractivity contribution in [2.45, 2.75) is 6.92 Å². The molecule has 0 aliphatic carbocycles. The van der Waals surface area contributed by atoms with Crippen molar-refractivity contribution < 1.29 is 4.74 Å². The van der Waals surface area contributed by atoms with E-state index in [-0.39, 0.29) is 0 Å². The normalized spacial score (nSPS) is 8.83. The molecule has 0 bridgehead atoms. The summed E-state index contributed by atoms with van der Waals surface area (Å²) in [6.45, 7) is 1.87. The molecule has 0 aliphatic heterocycles. The van der Waals surface area contributed by atoms with Gasteiger partial charge in [0.2, 0.25) is 0 Å². The SMILES string of the molecule is COc1cccc(C)c1N=[N+]=[N-]. The molecule has 0 spiro atoms. The summed E-state index contributed by atoms with van der Waals surface area (Å²) in [7, 11) is 1.55. The molecule has 1 aromatic rings. The predicted octanol–water partition coefficient (Wildman–Crippen LogP) is 2.95. The third-order valence-electron chi connectivity index (χ3n) is 1.57. The van der Waals surface area contributed by atoms with Gasteiger partial charge in [0.05, 0.1) is 12.8 Å². The third-order valence-corrected chi connectivity index (χ3v) is 1.57. The maximum Gasteiger partial charge on any atom is 0.128 e. The zero-order valence-electron chi connectivity index (χ0n) is 6.98. The van der Waals surface area contributed by atoms with Gasteiger partial charge in [-0.05, 0) is 24.1 Å². The van der Waals surface area contributed by atoms with Crippen LogP contribution in [0.5, 0.6) is 5.75 Å². The highest BCUT2D eigenvalue weighted by molar-refractivity contribution is 5.56. The maximum atomic E-state index is 8.27. The van der Waals surface area contributed by atoms with Crippen molar-refractivity contribution >= 4 is 5.69 Å². The number of ether oxygens (including phenoxy) is 1. The number of benzene rings is 1. The van der Waals surface area contributed by atoms with E-state index in [0.717, 1.165) is 5.56 Å². The van der Waals surface area contributed by atoms with E-state index in [1.165, 1.54) is 0 Å². The van der Waals surface area contributed by atoms with E-state index in [4.69, 9.17) is 10.3 Å². The molecule has 1 aromatic carbocycles. The Morgan fingerprint density at radius 1 is 1.50 bits per heavy atom. The molecule has 0 unspecified atom stereocenters. The lowest BCUT2D eigenvalue weighted by Gasteiger charge is -2.04. The molecule has 0 atom stereocenters. The summed E-state index contributed by atoms with van der Waals surface area (Å²) in [5.74, 6) is 0.604. The topological polar surface area (TPSA) is 58.0 Å². The smallest absolute Gasteiger partial charge is 0.128 e. The molecule has 4 heteroatoms. The fourth-order valence-electron chi connectivity index (χ4n) is 0.970. The average molecular weight is 163 g/mol. The van der Waals surface area contributed by atoms with Gasteiger partial charge < -0.3 is 4.74 Å². The Labute approximate surface area is 70.4 Å². The highest BCUT2D eigenvalue weighted by Gasteiger charge is 2.01. The Bertz CT molecular complexity index is 329. The fraction of sp³-hybridized carbons (Fsp3) is 0.250. The van der Waals surface area contributed by atoms with Crippen LogP contribution in [0.2, 0.25) is 0 Å². The summed E-state index contributed by atoms with van der Waals surface area (Å²) in [6, 6.07) is 5.48. The summed E-state index contributed by atoms with van der Waals surface area (Å²) in [5.41, 5.74) is 9.73. The van der Waals surface area contributed by atoms with Crippen molar-refractivity contribution in [2.75, 3.05) is 7.11 Å². The van der Waals surface area contributed by atoms with Gasteiger partial charge in [-0.25, -0.2) is 0 Å². The van der Waals surface area contributed by atoms with E-state index >= 15 is 0 Å². The number of azide groups is 1. The van der Waals surface area contributed by atoms with Crippen molar-refractivity contribution in [3.8, 4) is 5.75 Å². The highest BCUT2D eigenvalue weighted by atomic mass is 16.5. The maximum absolute atomic E-state index is 8.27. The molecule has 4 nitrogen and oxygen atoms in total. The number of hydrogen-bond acceptors (Lipinski definition) is 2. The standard InChI is InChI=1S/C8H9N3O/c1-6-4-3-5-7(12-2)8(6)10-11-9/h3-5H,1-2H3. The van der Waals surface area contributed by atoms with E-state index in [0.29, 0.717) is 11.4 Å². The molecule has 0 amide bonds. The van der Waals surface area contributed by atoms with E-state index < -0.39 is 0 Å². The van der Waals surface area contributed by atoms with Crippen LogP contribution in [0.1, 0.15) is 5.56 Å². The fourth-order valence-corrected chi connectivity index (χ4v) is 0.970. The van der Waals surface area contributed by atoms with Gasteiger partial charge >= 0.3 is 0 Å². The molecule has 0 aliphatic rings. The van der Waals surface area contributed by atoms with Crippen LogP contribution in [0.25, 0.3) is 10.4 Å². The van der Waals surface area contributed by atoms with Crippen LogP contribution in [0.4, 0.5) is 5.69 Å². The molecule has 0 fully saturated rings. The van der Waals surface area contributed by atoms with Crippen molar-refractivity contribution in [2.24, 2.45) is 5.11 Å². The first kappa shape index (κ1) is 8.43. The van der Waals surface area contributed by atoms with Crippen LogP contribution in [0.15, 0.2) is 23.3 Å². The van der Waals surface area contributed by atoms with Crippen LogP contribution in [-0.2, 0) is 0 Å². The van der Waals surface area contributed by atoms with E-state index in [2.05, 4.69) is 10.0 Å². The lowest BCUT2D eigenvalue weighted by molar-refractivity contribution is 0.416. The van der Waals surface area contributed by atoms with Gasteiger partial charge in [-0.1, -0.05) is 17.2 Å². The van der Waals surface area contributed by atoms with Crippen molar-refractivity contribution in [3.63, 3.8) is 0 Å². The zero-order valence-corrected chi connectivity index (χ0v) is 6.98. The molecule has 1 rings (SSSR count). The molecule has 62 valence electrons. The summed E-state index contributed by atoms with van der Waals surface area (Å²) >= 11 is 0. The van der Waals surface area contributed by atoms with Crippen LogP contribution < -0.4 is 4.74 Å². The van der Waals surface area contributed by atoms with Crippen LogP contribution in [0.3, 0.4) is 0 Å². The van der Waals surface area contributed by atoms with Gasteiger partial charge in [-0.3, -0.25) is 0 Å². The summed E-state index contributed by atoms with van der Waals surface area (Å²) in [6.07, 6.45) is 0. The third kappa shape index (κ3) is 1.49. The number of methoxy groups -OCH3 is 1. The second-order valence-corrected chi connectivity index (χ2v) is 2.32. The van der Waals surface area contributed by atoms with E-state index in [1.807, 2.05) is 19.1 Å². The molecular weight excluding hydrogens is 154 g/mol. The first-order chi connectivity index (χ1) is 5.79. The Morgan fingerprint density at radius 3 is 2.83 bits per heavy atom. The Kier molecular flexibility index (Phi) is 2.56. The van der Waals surface area contributed by atoms with Crippen LogP contribution >= 0.6 is 0 Å². The lowest BCUT2D eigenvalue weighted by atomic mass is 10.2. The zero-order chi connectivity index (χ0) is 8.97. The van der Waals surface area contributed by atoms with Crippen LogP contribution in [0, 0.1) is 6.92 Å². The molecular formula is C8H9N3O. The Morgan fingerprint density at radius 2 is 2.25 bits per heavy atom. The minimum atomic E-state index is 0.558. The Hall–Kier alpha value is -1.67. The number of rotatable bonds is 2. The van der Waals surface area contributed by atoms with Gasteiger partial charge in [0.25, 0.3) is 0 Å². The van der Waals surface area contributed by atoms with Crippen LogP contribution in [-0.4, -0.2) is 7.11 Å². The molecule has 0 heterocycles. The van der Waals surface area contributed by atoms with Gasteiger partial charge in [0.1, 0.15) is 5.75 Å². The summed E-state index contributed by atoms with van der Waals surface area (Å²) < 4.78 is 5.01. The minimum absolute atomic E-state index is 0.558. The first-order valence-electron chi connectivity index (χ1n) is 3.48. The van der Waals surface area contributed by atoms with Gasteiger partial charge in [0, 0.05) is 4.91 Å². The van der Waals surface area contributed by atoms with E-state index in [9.17, 15) is 0 Å². The van der Waals surface area contributed by atoms with Gasteiger partial charge in [-0.15, -0.1) is 0 Å². The largest absolute Gasteiger partial charge is 0.496 e. The predicted molar refractivity (Wildman–Crippen MR) is 46.5 cm³/mol. The number of hydrogen-bond donors (Lipinski definition) is 0. The van der Waals surface area contributed by atoms with Crippen molar-refractivity contribution in [1.82, 2.24) is 0 Å². The number of nitrogens with zero attached hydrogens (tertiary/aromatic N) is 3. The molecule has 0 saturated carbocycles. The minimum Gasteiger partial charge on any atom is -0.496 e.